The van der Waals surface area contributed by atoms with Gasteiger partial charge >= 0.3 is 5.97 Å². The molecule has 0 fully saturated rings. The van der Waals surface area contributed by atoms with Crippen LogP contribution in [0.5, 0.6) is 0 Å². The first kappa shape index (κ1) is 13.2. The van der Waals surface area contributed by atoms with Crippen LogP contribution < -0.4 is 0 Å². The van der Waals surface area contributed by atoms with Gasteiger partial charge in [0.15, 0.2) is 0 Å². The Morgan fingerprint density at radius 3 is 2.26 bits per heavy atom. The predicted molar refractivity (Wildman–Crippen MR) is 73.1 cm³/mol. The van der Waals surface area contributed by atoms with Crippen molar-refractivity contribution in [1.82, 2.24) is 9.97 Å². The Labute approximate surface area is 112 Å². The molecule has 2 rings (SSSR count). The van der Waals surface area contributed by atoms with Gasteiger partial charge in [-0.15, -0.1) is 0 Å². The zero-order valence-corrected chi connectivity index (χ0v) is 11.2. The van der Waals surface area contributed by atoms with Gasteiger partial charge in [0.25, 0.3) is 0 Å². The molecule has 0 aromatic carbocycles. The molecule has 0 radical (unpaired) electrons. The van der Waals surface area contributed by atoms with Crippen molar-refractivity contribution in [3.63, 3.8) is 0 Å². The number of carbonyl (C=O) groups is 1. The van der Waals surface area contributed by atoms with Gasteiger partial charge in [0.1, 0.15) is 0 Å². The number of aromatic nitrogens is 2. The average Bonchev–Trinajstić information content (AvgIpc) is 2.38. The van der Waals surface area contributed by atoms with E-state index in [4.69, 9.17) is 0 Å². The number of rotatable bonds is 2. The number of carboxylic acids is 1. The summed E-state index contributed by atoms with van der Waals surface area (Å²) in [5.41, 5.74) is 2.21. The van der Waals surface area contributed by atoms with E-state index in [2.05, 4.69) is 9.97 Å². The Morgan fingerprint density at radius 2 is 1.74 bits per heavy atom. The Hall–Kier alpha value is -2.23. The first-order valence-corrected chi connectivity index (χ1v) is 6.05. The van der Waals surface area contributed by atoms with Gasteiger partial charge in [0.2, 0.25) is 0 Å². The quantitative estimate of drug-likeness (QED) is 0.896. The molecule has 98 valence electrons. The summed E-state index contributed by atoms with van der Waals surface area (Å²) in [6, 6.07) is 7.06. The minimum absolute atomic E-state index is 0.255. The fourth-order valence-corrected chi connectivity index (χ4v) is 1.89. The molecule has 4 heteroatoms. The lowest BCUT2D eigenvalue weighted by molar-refractivity contribution is 0.0693. The fourth-order valence-electron chi connectivity index (χ4n) is 1.89. The topological polar surface area (TPSA) is 63.1 Å². The first-order chi connectivity index (χ1) is 8.89. The molecule has 0 amide bonds. The fraction of sp³-hybridized carbons (Fsp3) is 0.267. The third-order valence-electron chi connectivity index (χ3n) is 2.81. The van der Waals surface area contributed by atoms with Crippen LogP contribution in [0.4, 0.5) is 0 Å². The highest BCUT2D eigenvalue weighted by molar-refractivity contribution is 5.89. The van der Waals surface area contributed by atoms with Crippen LogP contribution in [0.1, 0.15) is 36.8 Å². The van der Waals surface area contributed by atoms with Crippen LogP contribution in [0, 0.1) is 0 Å². The second-order valence-corrected chi connectivity index (χ2v) is 5.38. The number of aromatic carboxylic acids is 1. The summed E-state index contributed by atoms with van der Waals surface area (Å²) in [6.45, 7) is 5.87. The molecule has 0 spiro atoms. The molecule has 2 aromatic heterocycles. The summed E-state index contributed by atoms with van der Waals surface area (Å²) in [7, 11) is 0. The van der Waals surface area contributed by atoms with Gasteiger partial charge in [-0.1, -0.05) is 20.8 Å². The molecule has 0 atom stereocenters. The van der Waals surface area contributed by atoms with Crippen LogP contribution in [0.3, 0.4) is 0 Å². The van der Waals surface area contributed by atoms with Crippen LogP contribution in [0.15, 0.2) is 36.7 Å². The molecule has 0 saturated carbocycles. The molecule has 0 saturated heterocycles. The maximum Gasteiger partial charge on any atom is 0.337 e. The molecular weight excluding hydrogens is 240 g/mol. The summed E-state index contributed by atoms with van der Waals surface area (Å²) in [5, 5.41) is 9.24. The van der Waals surface area contributed by atoms with Gasteiger partial charge in [-0.3, -0.25) is 9.97 Å². The Kier molecular flexibility index (Phi) is 3.34. The van der Waals surface area contributed by atoms with E-state index in [0.29, 0.717) is 5.69 Å². The normalized spacial score (nSPS) is 11.3. The molecule has 0 aliphatic heterocycles. The maximum absolute atomic E-state index is 11.3. The first-order valence-electron chi connectivity index (χ1n) is 6.05. The summed E-state index contributed by atoms with van der Waals surface area (Å²) in [5.74, 6) is -0.946. The Balaban J connectivity index is 2.60. The monoisotopic (exact) mass is 256 g/mol. The lowest BCUT2D eigenvalue weighted by atomic mass is 9.88. The maximum atomic E-state index is 11.3. The van der Waals surface area contributed by atoms with Gasteiger partial charge in [0.05, 0.1) is 17.0 Å². The molecule has 1 N–H and O–H groups in total. The molecule has 0 unspecified atom stereocenters. The average molecular weight is 256 g/mol. The van der Waals surface area contributed by atoms with Crippen molar-refractivity contribution in [2.24, 2.45) is 0 Å². The molecule has 0 bridgehead atoms. The number of nitrogens with zero attached hydrogens (tertiary/aromatic N) is 2. The third-order valence-corrected chi connectivity index (χ3v) is 2.81. The van der Waals surface area contributed by atoms with Crippen LogP contribution in [0.25, 0.3) is 11.3 Å². The van der Waals surface area contributed by atoms with E-state index in [9.17, 15) is 9.90 Å². The second-order valence-electron chi connectivity index (χ2n) is 5.38. The van der Waals surface area contributed by atoms with Crippen LogP contribution >= 0.6 is 0 Å². The number of hydrogen-bond acceptors (Lipinski definition) is 3. The lowest BCUT2D eigenvalue weighted by Crippen LogP contribution is -2.19. The van der Waals surface area contributed by atoms with Crippen molar-refractivity contribution < 1.29 is 9.90 Å². The number of hydrogen-bond donors (Lipinski definition) is 1. The molecule has 19 heavy (non-hydrogen) atoms. The Morgan fingerprint density at radius 1 is 1.11 bits per heavy atom. The van der Waals surface area contributed by atoms with Crippen LogP contribution in [-0.2, 0) is 5.41 Å². The number of carboxylic acid groups (broad SMARTS) is 1. The van der Waals surface area contributed by atoms with Gasteiger partial charge in [-0.05, 0) is 24.3 Å². The van der Waals surface area contributed by atoms with E-state index in [0.717, 1.165) is 11.3 Å². The molecule has 0 aliphatic carbocycles. The Bertz CT molecular complexity index is 601. The molecule has 4 nitrogen and oxygen atoms in total. The summed E-state index contributed by atoms with van der Waals surface area (Å²) >= 11 is 0. The van der Waals surface area contributed by atoms with Crippen molar-refractivity contribution in [2.75, 3.05) is 0 Å². The van der Waals surface area contributed by atoms with Crippen LogP contribution in [0.2, 0.25) is 0 Å². The SMILES string of the molecule is CC(C)(C)c1nc(-c2ccncc2)ccc1C(=O)O. The summed E-state index contributed by atoms with van der Waals surface area (Å²) in [6.07, 6.45) is 3.39. The van der Waals surface area contributed by atoms with E-state index >= 15 is 0 Å². The van der Waals surface area contributed by atoms with E-state index in [1.165, 1.54) is 0 Å². The van der Waals surface area contributed by atoms with E-state index < -0.39 is 5.97 Å². The van der Waals surface area contributed by atoms with Crippen LogP contribution in [-0.4, -0.2) is 21.0 Å². The standard InChI is InChI=1S/C15H16N2O2/c1-15(2,3)13-11(14(18)19)4-5-12(17-13)10-6-8-16-9-7-10/h4-9H,1-3H3,(H,18,19). The molecule has 2 heterocycles. The largest absolute Gasteiger partial charge is 0.478 e. The van der Waals surface area contributed by atoms with Gasteiger partial charge in [-0.25, -0.2) is 4.79 Å². The predicted octanol–water partition coefficient (Wildman–Crippen LogP) is 3.14. The summed E-state index contributed by atoms with van der Waals surface area (Å²) < 4.78 is 0. The van der Waals surface area contributed by atoms with E-state index in [-0.39, 0.29) is 11.0 Å². The van der Waals surface area contributed by atoms with Gasteiger partial charge in [0, 0.05) is 23.4 Å². The zero-order chi connectivity index (χ0) is 14.0. The van der Waals surface area contributed by atoms with Crippen molar-refractivity contribution in [2.45, 2.75) is 26.2 Å². The minimum Gasteiger partial charge on any atom is -0.478 e. The van der Waals surface area contributed by atoms with E-state index in [1.807, 2.05) is 32.9 Å². The van der Waals surface area contributed by atoms with Crippen molar-refractivity contribution in [3.8, 4) is 11.3 Å². The number of pyridine rings is 2. The highest BCUT2D eigenvalue weighted by Gasteiger charge is 2.23. The van der Waals surface area contributed by atoms with Gasteiger partial charge in [-0.2, -0.15) is 0 Å². The van der Waals surface area contributed by atoms with Crippen molar-refractivity contribution >= 4 is 5.97 Å². The highest BCUT2D eigenvalue weighted by atomic mass is 16.4. The van der Waals surface area contributed by atoms with E-state index in [1.54, 1.807) is 24.5 Å². The van der Waals surface area contributed by atoms with Crippen molar-refractivity contribution in [3.05, 3.63) is 47.9 Å². The molecular formula is C15H16N2O2. The highest BCUT2D eigenvalue weighted by Crippen LogP contribution is 2.27. The smallest absolute Gasteiger partial charge is 0.337 e. The third kappa shape index (κ3) is 2.78. The second kappa shape index (κ2) is 4.80. The molecule has 2 aromatic rings. The van der Waals surface area contributed by atoms with Crippen molar-refractivity contribution in [1.29, 1.82) is 0 Å². The zero-order valence-electron chi connectivity index (χ0n) is 11.2. The summed E-state index contributed by atoms with van der Waals surface area (Å²) in [4.78, 5) is 19.8. The minimum atomic E-state index is -0.946. The molecule has 0 aliphatic rings. The lowest BCUT2D eigenvalue weighted by Gasteiger charge is -2.20. The van der Waals surface area contributed by atoms with Gasteiger partial charge < -0.3 is 5.11 Å².